The van der Waals surface area contributed by atoms with Crippen molar-refractivity contribution in [3.63, 3.8) is 0 Å². The highest BCUT2D eigenvalue weighted by molar-refractivity contribution is 6.02. The summed E-state index contributed by atoms with van der Waals surface area (Å²) in [4.78, 5) is 34.2. The van der Waals surface area contributed by atoms with Crippen LogP contribution in [0.1, 0.15) is 20.8 Å². The number of ether oxygens (including phenoxy) is 1. The monoisotopic (exact) mass is 304 g/mol. The Kier molecular flexibility index (Phi) is 6.82. The molecule has 2 N–H and O–H groups in total. The first-order chi connectivity index (χ1) is 10.4. The number of nitrogens with one attached hydrogen (secondary N) is 2. The van der Waals surface area contributed by atoms with Crippen LogP contribution in [-0.4, -0.2) is 24.4 Å². The molecule has 0 aliphatic rings. The lowest BCUT2D eigenvalue weighted by Crippen LogP contribution is -2.17. The number of esters is 1. The Bertz CT molecular complexity index is 562. The van der Waals surface area contributed by atoms with Crippen molar-refractivity contribution in [2.45, 2.75) is 20.8 Å². The van der Waals surface area contributed by atoms with E-state index in [1.54, 1.807) is 45.0 Å². The van der Waals surface area contributed by atoms with Crippen molar-refractivity contribution >= 4 is 29.2 Å². The minimum Gasteiger partial charge on any atom is -0.463 e. The van der Waals surface area contributed by atoms with Gasteiger partial charge in [-0.2, -0.15) is 0 Å². The highest BCUT2D eigenvalue weighted by Crippen LogP contribution is 2.14. The largest absolute Gasteiger partial charge is 0.463 e. The third-order valence-electron chi connectivity index (χ3n) is 2.60. The van der Waals surface area contributed by atoms with E-state index in [4.69, 9.17) is 0 Å². The first-order valence-corrected chi connectivity index (χ1v) is 6.99. The zero-order valence-electron chi connectivity index (χ0n) is 12.9. The van der Waals surface area contributed by atoms with Crippen LogP contribution in [0.4, 0.5) is 11.4 Å². The van der Waals surface area contributed by atoms with Crippen LogP contribution >= 0.6 is 0 Å². The number of anilines is 2. The molecular formula is C16H20N2O4. The fraction of sp³-hybridized carbons (Fsp3) is 0.312. The first-order valence-electron chi connectivity index (χ1n) is 6.99. The molecule has 22 heavy (non-hydrogen) atoms. The summed E-state index contributed by atoms with van der Waals surface area (Å²) >= 11 is 0. The summed E-state index contributed by atoms with van der Waals surface area (Å²) in [6.07, 6.45) is 2.17. The lowest BCUT2D eigenvalue weighted by atomic mass is 10.2. The number of hydrogen-bond donors (Lipinski definition) is 2. The molecule has 0 bridgehead atoms. The van der Waals surface area contributed by atoms with Crippen molar-refractivity contribution in [3.05, 3.63) is 36.4 Å². The van der Waals surface area contributed by atoms with Gasteiger partial charge in [-0.15, -0.1) is 0 Å². The van der Waals surface area contributed by atoms with Gasteiger partial charge in [-0.25, -0.2) is 4.79 Å². The number of amides is 2. The molecule has 0 saturated carbocycles. The minimum absolute atomic E-state index is 0.0749. The Labute approximate surface area is 129 Å². The summed E-state index contributed by atoms with van der Waals surface area (Å²) in [5.74, 6) is -1.18. The van der Waals surface area contributed by atoms with E-state index in [9.17, 15) is 14.4 Å². The van der Waals surface area contributed by atoms with E-state index in [1.165, 1.54) is 0 Å². The van der Waals surface area contributed by atoms with Crippen molar-refractivity contribution < 1.29 is 19.1 Å². The molecule has 118 valence electrons. The van der Waals surface area contributed by atoms with Gasteiger partial charge in [-0.3, -0.25) is 9.59 Å². The zero-order chi connectivity index (χ0) is 16.5. The zero-order valence-corrected chi connectivity index (χ0v) is 12.9. The van der Waals surface area contributed by atoms with Gasteiger partial charge >= 0.3 is 5.97 Å². The fourth-order valence-corrected chi connectivity index (χ4v) is 1.44. The molecule has 0 heterocycles. The van der Waals surface area contributed by atoms with Gasteiger partial charge in [-0.1, -0.05) is 13.8 Å². The molecule has 0 aliphatic heterocycles. The van der Waals surface area contributed by atoms with Crippen molar-refractivity contribution in [2.24, 2.45) is 5.92 Å². The number of rotatable bonds is 6. The molecule has 0 atom stereocenters. The third kappa shape index (κ3) is 6.21. The lowest BCUT2D eigenvalue weighted by molar-refractivity contribution is -0.137. The van der Waals surface area contributed by atoms with Crippen LogP contribution in [0, 0.1) is 5.92 Å². The quantitative estimate of drug-likeness (QED) is 0.624. The molecule has 6 nitrogen and oxygen atoms in total. The fourth-order valence-electron chi connectivity index (χ4n) is 1.44. The third-order valence-corrected chi connectivity index (χ3v) is 2.60. The van der Waals surface area contributed by atoms with Crippen LogP contribution in [0.5, 0.6) is 0 Å². The Hall–Kier alpha value is -2.63. The number of carbonyl (C=O) groups is 3. The smallest absolute Gasteiger partial charge is 0.330 e. The van der Waals surface area contributed by atoms with Crippen LogP contribution in [0.3, 0.4) is 0 Å². The maximum Gasteiger partial charge on any atom is 0.330 e. The maximum absolute atomic E-state index is 11.6. The topological polar surface area (TPSA) is 84.5 Å². The van der Waals surface area contributed by atoms with Gasteiger partial charge in [0.2, 0.25) is 11.8 Å². The van der Waals surface area contributed by atoms with Crippen molar-refractivity contribution in [2.75, 3.05) is 17.2 Å². The lowest BCUT2D eigenvalue weighted by Gasteiger charge is -2.08. The second-order valence-electron chi connectivity index (χ2n) is 4.80. The van der Waals surface area contributed by atoms with E-state index in [0.29, 0.717) is 11.4 Å². The molecule has 0 unspecified atom stereocenters. The van der Waals surface area contributed by atoms with Gasteiger partial charge < -0.3 is 15.4 Å². The number of benzene rings is 1. The van der Waals surface area contributed by atoms with Gasteiger partial charge in [0, 0.05) is 29.4 Å². The maximum atomic E-state index is 11.6. The molecule has 0 saturated heterocycles. The molecule has 0 fully saturated rings. The molecule has 0 aromatic heterocycles. The Morgan fingerprint density at radius 3 is 2.09 bits per heavy atom. The molecule has 1 aromatic rings. The average molecular weight is 304 g/mol. The molecule has 1 rings (SSSR count). The summed E-state index contributed by atoms with van der Waals surface area (Å²) in [5, 5.41) is 5.35. The average Bonchev–Trinajstić information content (AvgIpc) is 2.47. The van der Waals surface area contributed by atoms with Gasteiger partial charge in [0.05, 0.1) is 6.61 Å². The van der Waals surface area contributed by atoms with Crippen LogP contribution in [-0.2, 0) is 19.1 Å². The highest BCUT2D eigenvalue weighted by Gasteiger charge is 2.07. The van der Waals surface area contributed by atoms with E-state index < -0.39 is 11.9 Å². The molecule has 0 aliphatic carbocycles. The predicted octanol–water partition coefficient (Wildman–Crippen LogP) is 2.34. The van der Waals surface area contributed by atoms with Crippen LogP contribution in [0.15, 0.2) is 36.4 Å². The second-order valence-corrected chi connectivity index (χ2v) is 4.80. The standard InChI is InChI=1S/C16H20N2O4/c1-4-22-15(20)10-9-14(19)17-12-5-7-13(8-6-12)18-16(21)11(2)3/h5-11H,4H2,1-3H3,(H,17,19)(H,18,21)/b10-9+. The van der Waals surface area contributed by atoms with E-state index >= 15 is 0 Å². The summed E-state index contributed by atoms with van der Waals surface area (Å²) in [6, 6.07) is 6.69. The number of carbonyl (C=O) groups excluding carboxylic acids is 3. The first kappa shape index (κ1) is 17.4. The van der Waals surface area contributed by atoms with E-state index in [0.717, 1.165) is 12.2 Å². The van der Waals surface area contributed by atoms with Gasteiger partial charge in [0.25, 0.3) is 0 Å². The molecule has 2 amide bonds. The van der Waals surface area contributed by atoms with Crippen LogP contribution in [0.2, 0.25) is 0 Å². The van der Waals surface area contributed by atoms with Gasteiger partial charge in [-0.05, 0) is 31.2 Å². The van der Waals surface area contributed by atoms with Gasteiger partial charge in [0.15, 0.2) is 0 Å². The number of hydrogen-bond acceptors (Lipinski definition) is 4. The normalized spacial score (nSPS) is 10.5. The van der Waals surface area contributed by atoms with Crippen molar-refractivity contribution in [3.8, 4) is 0 Å². The van der Waals surface area contributed by atoms with Crippen LogP contribution < -0.4 is 10.6 Å². The molecular weight excluding hydrogens is 284 g/mol. The van der Waals surface area contributed by atoms with Crippen molar-refractivity contribution in [1.29, 1.82) is 0 Å². The van der Waals surface area contributed by atoms with Crippen LogP contribution in [0.25, 0.3) is 0 Å². The molecule has 0 radical (unpaired) electrons. The van der Waals surface area contributed by atoms with E-state index in [2.05, 4.69) is 15.4 Å². The molecule has 1 aromatic carbocycles. The summed E-state index contributed by atoms with van der Waals surface area (Å²) in [5.41, 5.74) is 1.21. The Balaban J connectivity index is 2.55. The summed E-state index contributed by atoms with van der Waals surface area (Å²) in [6.45, 7) is 5.55. The predicted molar refractivity (Wildman–Crippen MR) is 84.3 cm³/mol. The highest BCUT2D eigenvalue weighted by atomic mass is 16.5. The summed E-state index contributed by atoms with van der Waals surface area (Å²) in [7, 11) is 0. The van der Waals surface area contributed by atoms with Gasteiger partial charge in [0.1, 0.15) is 0 Å². The Morgan fingerprint density at radius 2 is 1.59 bits per heavy atom. The SMILES string of the molecule is CCOC(=O)/C=C/C(=O)Nc1ccc(NC(=O)C(C)C)cc1. The summed E-state index contributed by atoms with van der Waals surface area (Å²) < 4.78 is 4.67. The van der Waals surface area contributed by atoms with E-state index in [-0.39, 0.29) is 18.4 Å². The minimum atomic E-state index is -0.565. The molecule has 6 heteroatoms. The molecule has 0 spiro atoms. The Morgan fingerprint density at radius 1 is 1.05 bits per heavy atom. The van der Waals surface area contributed by atoms with E-state index in [1.807, 2.05) is 0 Å². The second kappa shape index (κ2) is 8.61. The van der Waals surface area contributed by atoms with Crippen molar-refractivity contribution in [1.82, 2.24) is 0 Å².